The van der Waals surface area contributed by atoms with Crippen molar-refractivity contribution in [1.82, 2.24) is 0 Å². The summed E-state index contributed by atoms with van der Waals surface area (Å²) in [6.45, 7) is -5.60. The van der Waals surface area contributed by atoms with Crippen molar-refractivity contribution in [3.05, 3.63) is 0 Å². The van der Waals surface area contributed by atoms with Crippen LogP contribution in [-0.4, -0.2) is 61.6 Å². The SMILES string of the molecule is CC(COS(=O)(=O)C(F)(F)F)(COS(=O)(=O)C(F)(F)F)COS(=O)(=O)C(F)(F)F. The van der Waals surface area contributed by atoms with E-state index in [-0.39, 0.29) is 0 Å². The molecule has 0 saturated carbocycles. The Kier molecular flexibility index (Phi) is 8.06. The number of halogens is 9. The zero-order valence-electron chi connectivity index (χ0n) is 13.4. The summed E-state index contributed by atoms with van der Waals surface area (Å²) in [5.74, 6) is 0. The van der Waals surface area contributed by atoms with Gasteiger partial charge in [0.2, 0.25) is 0 Å². The van der Waals surface area contributed by atoms with Gasteiger partial charge in [-0.2, -0.15) is 64.8 Å². The summed E-state index contributed by atoms with van der Waals surface area (Å²) in [5, 5.41) is 0. The third-order valence-corrected chi connectivity index (χ3v) is 5.52. The van der Waals surface area contributed by atoms with Crippen LogP contribution in [0.1, 0.15) is 6.92 Å². The van der Waals surface area contributed by atoms with Crippen molar-refractivity contribution in [1.29, 1.82) is 0 Å². The first-order valence-corrected chi connectivity index (χ1v) is 10.5. The lowest BCUT2D eigenvalue weighted by Gasteiger charge is -2.28. The Morgan fingerprint density at radius 1 is 0.517 bits per heavy atom. The third kappa shape index (κ3) is 7.70. The molecule has 9 nitrogen and oxygen atoms in total. The van der Waals surface area contributed by atoms with Crippen LogP contribution < -0.4 is 0 Å². The molecule has 29 heavy (non-hydrogen) atoms. The molecule has 0 aliphatic heterocycles. The maximum Gasteiger partial charge on any atom is 0.523 e. The van der Waals surface area contributed by atoms with Gasteiger partial charge in [0, 0.05) is 5.41 Å². The van der Waals surface area contributed by atoms with Crippen LogP contribution in [0.15, 0.2) is 0 Å². The second-order valence-corrected chi connectivity index (χ2v) is 10.1. The highest BCUT2D eigenvalue weighted by Gasteiger charge is 2.52. The molecule has 0 amide bonds. The summed E-state index contributed by atoms with van der Waals surface area (Å²) in [5.41, 5.74) is -21.1. The fraction of sp³-hybridized carbons (Fsp3) is 1.00. The molecule has 176 valence electrons. The first kappa shape index (κ1) is 28.1. The highest BCUT2D eigenvalue weighted by molar-refractivity contribution is 7.88. The predicted molar refractivity (Wildman–Crippen MR) is 70.9 cm³/mol. The molecule has 0 fully saturated rings. The van der Waals surface area contributed by atoms with Crippen LogP contribution in [0, 0.1) is 5.41 Å². The molecular weight excluding hydrogens is 507 g/mol. The smallest absolute Gasteiger partial charge is 0.262 e. The number of alkyl halides is 9. The monoisotopic (exact) mass is 516 g/mol. The minimum absolute atomic E-state index is 0.330. The Labute approximate surface area is 157 Å². The van der Waals surface area contributed by atoms with Gasteiger partial charge in [-0.3, -0.25) is 12.5 Å². The van der Waals surface area contributed by atoms with Gasteiger partial charge in [-0.05, 0) is 0 Å². The van der Waals surface area contributed by atoms with Crippen LogP contribution in [0.25, 0.3) is 0 Å². The van der Waals surface area contributed by atoms with Crippen molar-refractivity contribution >= 4 is 30.4 Å². The lowest BCUT2D eigenvalue weighted by atomic mass is 9.95. The fourth-order valence-electron chi connectivity index (χ4n) is 0.985. The van der Waals surface area contributed by atoms with Gasteiger partial charge in [0.25, 0.3) is 0 Å². The van der Waals surface area contributed by atoms with Crippen LogP contribution in [0.3, 0.4) is 0 Å². The van der Waals surface area contributed by atoms with Crippen LogP contribution in [-0.2, 0) is 42.9 Å². The molecular formula is C8H9F9O9S3. The van der Waals surface area contributed by atoms with Crippen LogP contribution in [0.5, 0.6) is 0 Å². The first-order valence-electron chi connectivity index (χ1n) is 6.24. The Morgan fingerprint density at radius 3 is 0.828 bits per heavy atom. The second-order valence-electron chi connectivity index (χ2n) is 5.30. The van der Waals surface area contributed by atoms with Gasteiger partial charge in [0.05, 0.1) is 19.8 Å². The van der Waals surface area contributed by atoms with E-state index in [1.807, 2.05) is 0 Å². The Morgan fingerprint density at radius 2 is 0.690 bits per heavy atom. The second kappa shape index (κ2) is 8.32. The molecule has 0 aromatic rings. The summed E-state index contributed by atoms with van der Waals surface area (Å²) in [7, 11) is -19.3. The van der Waals surface area contributed by atoms with Crippen LogP contribution in [0.4, 0.5) is 39.5 Å². The molecule has 0 aliphatic carbocycles. The molecule has 0 saturated heterocycles. The van der Waals surface area contributed by atoms with Crippen molar-refractivity contribution in [2.75, 3.05) is 19.8 Å². The van der Waals surface area contributed by atoms with E-state index < -0.39 is 72.1 Å². The van der Waals surface area contributed by atoms with Crippen molar-refractivity contribution < 1.29 is 77.3 Å². The van der Waals surface area contributed by atoms with Crippen molar-refractivity contribution in [2.24, 2.45) is 5.41 Å². The molecule has 21 heteroatoms. The highest BCUT2D eigenvalue weighted by atomic mass is 32.2. The average Bonchev–Trinajstić information content (AvgIpc) is 2.46. The predicted octanol–water partition coefficient (Wildman–Crippen LogP) is 1.59. The van der Waals surface area contributed by atoms with Crippen LogP contribution in [0.2, 0.25) is 0 Å². The Bertz CT molecular complexity index is 764. The third-order valence-electron chi connectivity index (χ3n) is 2.54. The minimum Gasteiger partial charge on any atom is -0.262 e. The maximum absolute atomic E-state index is 12.2. The van der Waals surface area contributed by atoms with Gasteiger partial charge in [-0.15, -0.1) is 0 Å². The Hall–Kier alpha value is -0.900. The van der Waals surface area contributed by atoms with E-state index >= 15 is 0 Å². The van der Waals surface area contributed by atoms with Gasteiger partial charge in [-0.25, -0.2) is 0 Å². The van der Waals surface area contributed by atoms with Crippen molar-refractivity contribution in [2.45, 2.75) is 23.4 Å². The topological polar surface area (TPSA) is 130 Å². The Balaban J connectivity index is 5.70. The quantitative estimate of drug-likeness (QED) is 0.255. The average molecular weight is 516 g/mol. The molecule has 0 aromatic heterocycles. The zero-order chi connectivity index (χ0) is 23.7. The van der Waals surface area contributed by atoms with Crippen LogP contribution >= 0.6 is 0 Å². The van der Waals surface area contributed by atoms with E-state index in [1.165, 1.54) is 0 Å². The molecule has 0 unspecified atom stereocenters. The molecule has 0 aliphatic rings. The molecule has 0 rings (SSSR count). The summed E-state index contributed by atoms with van der Waals surface area (Å²) in [6, 6.07) is 0. The zero-order valence-corrected chi connectivity index (χ0v) is 15.9. The summed E-state index contributed by atoms with van der Waals surface area (Å²) >= 11 is 0. The summed E-state index contributed by atoms with van der Waals surface area (Å²) in [4.78, 5) is 0. The molecule has 0 spiro atoms. The van der Waals surface area contributed by atoms with E-state index in [0.717, 1.165) is 0 Å². The van der Waals surface area contributed by atoms with E-state index in [0.29, 0.717) is 6.92 Å². The van der Waals surface area contributed by atoms with E-state index in [4.69, 9.17) is 0 Å². The molecule has 0 bridgehead atoms. The van der Waals surface area contributed by atoms with Gasteiger partial charge >= 0.3 is 46.9 Å². The molecule has 0 radical (unpaired) electrons. The van der Waals surface area contributed by atoms with E-state index in [2.05, 4.69) is 12.5 Å². The fourth-order valence-corrected chi connectivity index (χ4v) is 2.70. The first-order chi connectivity index (χ1) is 12.4. The lowest BCUT2D eigenvalue weighted by molar-refractivity contribution is -0.0672. The molecule has 0 heterocycles. The van der Waals surface area contributed by atoms with Gasteiger partial charge < -0.3 is 0 Å². The number of hydrogen-bond acceptors (Lipinski definition) is 9. The molecule has 0 aromatic carbocycles. The summed E-state index contributed by atoms with van der Waals surface area (Å²) < 4.78 is 185. The summed E-state index contributed by atoms with van der Waals surface area (Å²) in [6.07, 6.45) is 0. The normalized spacial score (nSPS) is 15.5. The minimum atomic E-state index is -6.45. The number of rotatable bonds is 9. The molecule has 0 atom stereocenters. The van der Waals surface area contributed by atoms with Gasteiger partial charge in [0.1, 0.15) is 0 Å². The maximum atomic E-state index is 12.2. The standard InChI is InChI=1S/C8H9F9O9S3/c1-5(2-24-27(18,19)6(9,10)11,3-25-28(20,21)7(12,13)14)4-26-29(22,23)8(15,16)17/h2-4H2,1H3. The van der Waals surface area contributed by atoms with Gasteiger partial charge in [0.15, 0.2) is 0 Å². The van der Waals surface area contributed by atoms with Gasteiger partial charge in [-0.1, -0.05) is 6.92 Å². The van der Waals surface area contributed by atoms with E-state index in [1.54, 1.807) is 0 Å². The van der Waals surface area contributed by atoms with Crippen molar-refractivity contribution in [3.63, 3.8) is 0 Å². The largest absolute Gasteiger partial charge is 0.523 e. The highest BCUT2D eigenvalue weighted by Crippen LogP contribution is 2.32. The van der Waals surface area contributed by atoms with Crippen molar-refractivity contribution in [3.8, 4) is 0 Å². The number of hydrogen-bond donors (Lipinski definition) is 0. The molecule has 0 N–H and O–H groups in total. The lowest BCUT2D eigenvalue weighted by Crippen LogP contribution is -2.41. The van der Waals surface area contributed by atoms with E-state index in [9.17, 15) is 64.8 Å².